The summed E-state index contributed by atoms with van der Waals surface area (Å²) in [5.74, 6) is -0.651. The molecule has 27 heavy (non-hydrogen) atoms. The third-order valence-corrected chi connectivity index (χ3v) is 4.73. The Hall–Kier alpha value is -2.45. The van der Waals surface area contributed by atoms with Gasteiger partial charge in [0.15, 0.2) is 5.16 Å². The Morgan fingerprint density at radius 1 is 1.19 bits per heavy atom. The monoisotopic (exact) mass is 411 g/mol. The number of benzene rings is 2. The lowest BCUT2D eigenvalue weighted by atomic mass is 10.1. The Bertz CT molecular complexity index is 959. The van der Waals surface area contributed by atoms with Crippen LogP contribution >= 0.6 is 23.4 Å². The predicted molar refractivity (Wildman–Crippen MR) is 99.4 cm³/mol. The third-order valence-electron chi connectivity index (χ3n) is 3.53. The van der Waals surface area contributed by atoms with Crippen molar-refractivity contribution in [2.45, 2.75) is 11.3 Å². The third kappa shape index (κ3) is 4.84. The van der Waals surface area contributed by atoms with E-state index in [0.29, 0.717) is 10.2 Å². The Morgan fingerprint density at radius 3 is 2.70 bits per heavy atom. The van der Waals surface area contributed by atoms with Crippen molar-refractivity contribution in [3.05, 3.63) is 71.5 Å². The van der Waals surface area contributed by atoms with Crippen molar-refractivity contribution in [1.29, 1.82) is 0 Å². The van der Waals surface area contributed by atoms with Crippen molar-refractivity contribution in [1.82, 2.24) is 9.55 Å². The molecular weight excluding hydrogens is 399 g/mol. The molecule has 0 unspecified atom stereocenters. The Balaban J connectivity index is 1.69. The van der Waals surface area contributed by atoms with Gasteiger partial charge in [-0.25, -0.2) is 4.98 Å². The lowest BCUT2D eigenvalue weighted by Gasteiger charge is -2.13. The zero-order valence-corrected chi connectivity index (χ0v) is 15.3. The van der Waals surface area contributed by atoms with Crippen LogP contribution < -0.4 is 5.32 Å². The zero-order valence-electron chi connectivity index (χ0n) is 13.7. The average molecular weight is 412 g/mol. The lowest BCUT2D eigenvalue weighted by molar-refractivity contribution is -0.137. The number of nitrogens with zero attached hydrogens (tertiary/aromatic N) is 2. The van der Waals surface area contributed by atoms with Gasteiger partial charge in [-0.1, -0.05) is 41.6 Å². The first kappa shape index (κ1) is 19.3. The second-order valence-electron chi connectivity index (χ2n) is 5.44. The molecule has 0 radical (unpaired) electrons. The highest BCUT2D eigenvalue weighted by atomic mass is 35.5. The van der Waals surface area contributed by atoms with Crippen LogP contribution in [0, 0.1) is 0 Å². The number of imidazole rings is 1. The first-order chi connectivity index (χ1) is 12.8. The van der Waals surface area contributed by atoms with Gasteiger partial charge in [0.05, 0.1) is 17.0 Å². The topological polar surface area (TPSA) is 46.9 Å². The van der Waals surface area contributed by atoms with Gasteiger partial charge in [0.25, 0.3) is 0 Å². The second kappa shape index (κ2) is 8.06. The maximum atomic E-state index is 13.0. The van der Waals surface area contributed by atoms with Gasteiger partial charge in [-0.15, -0.1) is 0 Å². The molecule has 3 aromatic rings. The second-order valence-corrected chi connectivity index (χ2v) is 6.82. The van der Waals surface area contributed by atoms with Crippen LogP contribution in [-0.4, -0.2) is 21.2 Å². The number of nitrogens with one attached hydrogen (secondary N) is 1. The first-order valence-corrected chi connectivity index (χ1v) is 9.09. The molecule has 0 saturated carbocycles. The molecule has 0 atom stereocenters. The molecule has 1 amide bonds. The van der Waals surface area contributed by atoms with Crippen molar-refractivity contribution in [2.75, 3.05) is 11.1 Å². The van der Waals surface area contributed by atoms with E-state index < -0.39 is 17.6 Å². The van der Waals surface area contributed by atoms with Crippen molar-refractivity contribution in [3.8, 4) is 5.69 Å². The number of thioether (sulfide) groups is 1. The quantitative estimate of drug-likeness (QED) is 0.581. The molecular formula is C18H13ClF3N3OS. The van der Waals surface area contributed by atoms with E-state index in [1.165, 1.54) is 18.2 Å². The highest BCUT2D eigenvalue weighted by Crippen LogP contribution is 2.34. The molecule has 0 aliphatic heterocycles. The van der Waals surface area contributed by atoms with E-state index in [1.54, 1.807) is 35.2 Å². The number of halogens is 4. The molecule has 9 heteroatoms. The Morgan fingerprint density at radius 2 is 1.96 bits per heavy atom. The van der Waals surface area contributed by atoms with Gasteiger partial charge in [-0.2, -0.15) is 13.2 Å². The van der Waals surface area contributed by atoms with Crippen LogP contribution in [0.4, 0.5) is 18.9 Å². The minimum Gasteiger partial charge on any atom is -0.325 e. The summed E-state index contributed by atoms with van der Waals surface area (Å²) in [5, 5.41) is 3.39. The summed E-state index contributed by atoms with van der Waals surface area (Å²) in [6.45, 7) is 0. The van der Waals surface area contributed by atoms with Crippen LogP contribution in [0.1, 0.15) is 5.56 Å². The number of rotatable bonds is 5. The van der Waals surface area contributed by atoms with Gasteiger partial charge in [-0.3, -0.25) is 9.36 Å². The number of amides is 1. The van der Waals surface area contributed by atoms with Gasteiger partial charge in [0.1, 0.15) is 0 Å². The number of alkyl halides is 3. The van der Waals surface area contributed by atoms with Crippen molar-refractivity contribution in [3.63, 3.8) is 0 Å². The maximum absolute atomic E-state index is 13.0. The molecule has 0 saturated heterocycles. The SMILES string of the molecule is O=C(CSc1nccn1-c1cccc(Cl)c1)Nc1ccccc1C(F)(F)F. The van der Waals surface area contributed by atoms with Gasteiger partial charge < -0.3 is 5.32 Å². The zero-order chi connectivity index (χ0) is 19.4. The van der Waals surface area contributed by atoms with Gasteiger partial charge in [0, 0.05) is 23.1 Å². The minimum absolute atomic E-state index is 0.0935. The fraction of sp³-hybridized carbons (Fsp3) is 0.111. The standard InChI is InChI=1S/C18H13ClF3N3OS/c19-12-4-3-5-13(10-12)25-9-8-23-17(25)27-11-16(26)24-15-7-2-1-6-14(15)18(20,21)22/h1-10H,11H2,(H,24,26). The number of carbonyl (C=O) groups excluding carboxylic acids is 1. The Labute approximate surface area is 162 Å². The molecule has 1 heterocycles. The predicted octanol–water partition coefficient (Wildman–Crippen LogP) is 5.28. The molecule has 0 spiro atoms. The summed E-state index contributed by atoms with van der Waals surface area (Å²) in [4.78, 5) is 16.3. The highest BCUT2D eigenvalue weighted by molar-refractivity contribution is 7.99. The molecule has 2 aromatic carbocycles. The molecule has 0 fully saturated rings. The van der Waals surface area contributed by atoms with Gasteiger partial charge >= 0.3 is 6.18 Å². The summed E-state index contributed by atoms with van der Waals surface area (Å²) in [5.41, 5.74) is -0.386. The van der Waals surface area contributed by atoms with E-state index in [0.717, 1.165) is 23.5 Å². The molecule has 4 nitrogen and oxygen atoms in total. The van der Waals surface area contributed by atoms with E-state index in [-0.39, 0.29) is 11.4 Å². The van der Waals surface area contributed by atoms with Gasteiger partial charge in [0.2, 0.25) is 5.91 Å². The number of carbonyl (C=O) groups is 1. The number of anilines is 1. The van der Waals surface area contributed by atoms with Crippen molar-refractivity contribution < 1.29 is 18.0 Å². The summed E-state index contributed by atoms with van der Waals surface area (Å²) < 4.78 is 40.7. The molecule has 0 aliphatic rings. The van der Waals surface area contributed by atoms with Crippen LogP contribution in [0.25, 0.3) is 5.69 Å². The first-order valence-electron chi connectivity index (χ1n) is 7.73. The number of hydrogen-bond acceptors (Lipinski definition) is 3. The smallest absolute Gasteiger partial charge is 0.325 e. The van der Waals surface area contributed by atoms with Crippen LogP contribution in [-0.2, 0) is 11.0 Å². The average Bonchev–Trinajstić information content (AvgIpc) is 3.08. The van der Waals surface area contributed by atoms with Gasteiger partial charge in [-0.05, 0) is 30.3 Å². The molecule has 1 N–H and O–H groups in total. The minimum atomic E-state index is -4.54. The van der Waals surface area contributed by atoms with Crippen molar-refractivity contribution in [2.24, 2.45) is 0 Å². The number of hydrogen-bond donors (Lipinski definition) is 1. The van der Waals surface area contributed by atoms with Crippen LogP contribution in [0.2, 0.25) is 5.02 Å². The molecule has 140 valence electrons. The summed E-state index contributed by atoms with van der Waals surface area (Å²) in [6.07, 6.45) is -1.26. The summed E-state index contributed by atoms with van der Waals surface area (Å²) in [6, 6.07) is 11.9. The molecule has 1 aromatic heterocycles. The van der Waals surface area contributed by atoms with Crippen LogP contribution in [0.3, 0.4) is 0 Å². The van der Waals surface area contributed by atoms with E-state index in [9.17, 15) is 18.0 Å². The van der Waals surface area contributed by atoms with Crippen LogP contribution in [0.15, 0.2) is 66.1 Å². The number of para-hydroxylation sites is 1. The molecule has 3 rings (SSSR count). The molecule has 0 bridgehead atoms. The fourth-order valence-electron chi connectivity index (χ4n) is 2.37. The maximum Gasteiger partial charge on any atom is 0.418 e. The summed E-state index contributed by atoms with van der Waals surface area (Å²) >= 11 is 7.10. The largest absolute Gasteiger partial charge is 0.418 e. The molecule has 0 aliphatic carbocycles. The van der Waals surface area contributed by atoms with E-state index in [4.69, 9.17) is 11.6 Å². The van der Waals surface area contributed by atoms with E-state index in [1.807, 2.05) is 6.07 Å². The van der Waals surface area contributed by atoms with Crippen LogP contribution in [0.5, 0.6) is 0 Å². The Kier molecular flexibility index (Phi) is 5.76. The highest BCUT2D eigenvalue weighted by Gasteiger charge is 2.33. The van der Waals surface area contributed by atoms with Crippen molar-refractivity contribution >= 4 is 35.0 Å². The summed E-state index contributed by atoms with van der Waals surface area (Å²) in [7, 11) is 0. The number of aromatic nitrogens is 2. The fourth-order valence-corrected chi connectivity index (χ4v) is 3.33. The normalized spacial score (nSPS) is 11.4. The van der Waals surface area contributed by atoms with E-state index >= 15 is 0 Å². The van der Waals surface area contributed by atoms with E-state index in [2.05, 4.69) is 10.3 Å². The lowest BCUT2D eigenvalue weighted by Crippen LogP contribution is -2.18.